The quantitative estimate of drug-likeness (QED) is 0.798. The van der Waals surface area contributed by atoms with Crippen molar-refractivity contribution in [3.8, 4) is 0 Å². The highest BCUT2D eigenvalue weighted by Gasteiger charge is 2.19. The number of nitrogens with one attached hydrogen (secondary N) is 1. The largest absolute Gasteiger partial charge is 0.314 e. The van der Waals surface area contributed by atoms with Gasteiger partial charge in [-0.05, 0) is 44.1 Å². The zero-order valence-electron chi connectivity index (χ0n) is 11.5. The minimum Gasteiger partial charge on any atom is -0.314 e. The van der Waals surface area contributed by atoms with Gasteiger partial charge >= 0.3 is 0 Å². The molecule has 0 aromatic carbocycles. The van der Waals surface area contributed by atoms with Crippen LogP contribution in [0.25, 0.3) is 0 Å². The van der Waals surface area contributed by atoms with E-state index in [-0.39, 0.29) is 5.41 Å². The van der Waals surface area contributed by atoms with Crippen LogP contribution in [0.15, 0.2) is 0 Å². The molecular weight excluding hydrogens is 234 g/mol. The molecule has 17 heavy (non-hydrogen) atoms. The van der Waals surface area contributed by atoms with Gasteiger partial charge < -0.3 is 5.32 Å². The molecule has 0 aromatic rings. The fourth-order valence-electron chi connectivity index (χ4n) is 2.12. The topological polar surface area (TPSA) is 46.2 Å². The van der Waals surface area contributed by atoms with Crippen molar-refractivity contribution < 1.29 is 8.42 Å². The number of hydrogen-bond acceptors (Lipinski definition) is 3. The predicted octanol–water partition coefficient (Wildman–Crippen LogP) is 2.37. The van der Waals surface area contributed by atoms with E-state index in [1.165, 1.54) is 12.8 Å². The second kappa shape index (κ2) is 6.19. The molecule has 1 aliphatic heterocycles. The van der Waals surface area contributed by atoms with Crippen molar-refractivity contribution in [2.75, 3.05) is 18.1 Å². The average Bonchev–Trinajstić information content (AvgIpc) is 2.67. The lowest BCUT2D eigenvalue weighted by Crippen LogP contribution is -2.23. The molecule has 0 unspecified atom stereocenters. The van der Waals surface area contributed by atoms with Gasteiger partial charge in [0.05, 0.1) is 11.5 Å². The lowest BCUT2D eigenvalue weighted by molar-refractivity contribution is 0.397. The van der Waals surface area contributed by atoms with Gasteiger partial charge in [-0.3, -0.25) is 0 Å². The van der Waals surface area contributed by atoms with Gasteiger partial charge in [-0.1, -0.05) is 20.8 Å². The molecule has 4 heteroatoms. The molecule has 0 radical (unpaired) electrons. The van der Waals surface area contributed by atoms with Crippen LogP contribution in [0.4, 0.5) is 0 Å². The SMILES string of the molecule is CC(C)(C)CCS(=O)(=O)CCC[C@@H]1CCCN1. The van der Waals surface area contributed by atoms with Crippen LogP contribution < -0.4 is 5.32 Å². The van der Waals surface area contributed by atoms with Crippen molar-refractivity contribution in [1.29, 1.82) is 0 Å². The molecule has 1 rings (SSSR count). The molecule has 0 amide bonds. The van der Waals surface area contributed by atoms with Gasteiger partial charge in [-0.25, -0.2) is 8.42 Å². The average molecular weight is 261 g/mol. The van der Waals surface area contributed by atoms with E-state index in [2.05, 4.69) is 26.1 Å². The molecule has 0 aliphatic carbocycles. The van der Waals surface area contributed by atoms with E-state index in [0.29, 0.717) is 17.5 Å². The Morgan fingerprint density at radius 3 is 2.47 bits per heavy atom. The Labute approximate surface area is 106 Å². The Hall–Kier alpha value is -0.0900. The van der Waals surface area contributed by atoms with Crippen molar-refractivity contribution in [2.24, 2.45) is 5.41 Å². The van der Waals surface area contributed by atoms with Gasteiger partial charge in [0.25, 0.3) is 0 Å². The minimum absolute atomic E-state index is 0.111. The Morgan fingerprint density at radius 1 is 1.24 bits per heavy atom. The molecule has 102 valence electrons. The molecule has 1 fully saturated rings. The maximum absolute atomic E-state index is 11.8. The Morgan fingerprint density at radius 2 is 1.94 bits per heavy atom. The molecular formula is C13H27NO2S. The number of rotatable bonds is 6. The van der Waals surface area contributed by atoms with Gasteiger partial charge in [0, 0.05) is 6.04 Å². The molecule has 0 bridgehead atoms. The zero-order valence-corrected chi connectivity index (χ0v) is 12.3. The summed E-state index contributed by atoms with van der Waals surface area (Å²) < 4.78 is 23.7. The Kier molecular flexibility index (Phi) is 5.45. The summed E-state index contributed by atoms with van der Waals surface area (Å²) in [5, 5.41) is 3.40. The minimum atomic E-state index is -2.83. The van der Waals surface area contributed by atoms with Crippen molar-refractivity contribution in [2.45, 2.75) is 58.9 Å². The molecule has 1 atom stereocenters. The third-order valence-electron chi connectivity index (χ3n) is 3.33. The monoisotopic (exact) mass is 261 g/mol. The van der Waals surface area contributed by atoms with Crippen LogP contribution in [0.1, 0.15) is 52.9 Å². The first kappa shape index (κ1) is 15.0. The van der Waals surface area contributed by atoms with E-state index in [1.54, 1.807) is 0 Å². The molecule has 1 heterocycles. The van der Waals surface area contributed by atoms with Gasteiger partial charge in [-0.2, -0.15) is 0 Å². The molecule has 0 spiro atoms. The summed E-state index contributed by atoms with van der Waals surface area (Å²) in [5.41, 5.74) is 0.111. The van der Waals surface area contributed by atoms with Crippen LogP contribution in [-0.2, 0) is 9.84 Å². The normalized spacial score (nSPS) is 21.9. The van der Waals surface area contributed by atoms with E-state index in [9.17, 15) is 8.42 Å². The van der Waals surface area contributed by atoms with E-state index in [1.807, 2.05) is 0 Å². The first-order chi connectivity index (χ1) is 7.79. The maximum atomic E-state index is 11.8. The van der Waals surface area contributed by atoms with Crippen LogP contribution in [0.3, 0.4) is 0 Å². The fraction of sp³-hybridized carbons (Fsp3) is 1.00. The number of hydrogen-bond donors (Lipinski definition) is 1. The first-order valence-corrected chi connectivity index (χ1v) is 8.54. The van der Waals surface area contributed by atoms with E-state index >= 15 is 0 Å². The van der Waals surface area contributed by atoms with Gasteiger partial charge in [-0.15, -0.1) is 0 Å². The van der Waals surface area contributed by atoms with Crippen LogP contribution in [0.5, 0.6) is 0 Å². The smallest absolute Gasteiger partial charge is 0.150 e. The van der Waals surface area contributed by atoms with Crippen LogP contribution in [0.2, 0.25) is 0 Å². The molecule has 1 N–H and O–H groups in total. The maximum Gasteiger partial charge on any atom is 0.150 e. The summed E-state index contributed by atoms with van der Waals surface area (Å²) >= 11 is 0. The van der Waals surface area contributed by atoms with Crippen molar-refractivity contribution in [3.05, 3.63) is 0 Å². The molecule has 0 aromatic heterocycles. The van der Waals surface area contributed by atoms with Crippen LogP contribution >= 0.6 is 0 Å². The third kappa shape index (κ3) is 7.04. The van der Waals surface area contributed by atoms with Gasteiger partial charge in [0.2, 0.25) is 0 Å². The summed E-state index contributed by atoms with van der Waals surface area (Å²) in [6.07, 6.45) is 5.03. The Bertz CT molecular complexity index is 311. The molecule has 1 aliphatic rings. The second-order valence-electron chi connectivity index (χ2n) is 6.40. The fourth-order valence-corrected chi connectivity index (χ4v) is 3.85. The van der Waals surface area contributed by atoms with Crippen molar-refractivity contribution in [1.82, 2.24) is 5.32 Å². The summed E-state index contributed by atoms with van der Waals surface area (Å²) in [6, 6.07) is 0.563. The predicted molar refractivity (Wildman–Crippen MR) is 73.0 cm³/mol. The van der Waals surface area contributed by atoms with Crippen LogP contribution in [0, 0.1) is 5.41 Å². The first-order valence-electron chi connectivity index (χ1n) is 6.72. The second-order valence-corrected chi connectivity index (χ2v) is 8.70. The summed E-state index contributed by atoms with van der Waals surface area (Å²) in [4.78, 5) is 0. The van der Waals surface area contributed by atoms with E-state index in [0.717, 1.165) is 25.8 Å². The van der Waals surface area contributed by atoms with Gasteiger partial charge in [0.1, 0.15) is 9.84 Å². The third-order valence-corrected chi connectivity index (χ3v) is 5.07. The summed E-state index contributed by atoms with van der Waals surface area (Å²) in [5.74, 6) is 0.704. The summed E-state index contributed by atoms with van der Waals surface area (Å²) in [6.45, 7) is 7.36. The van der Waals surface area contributed by atoms with Gasteiger partial charge in [0.15, 0.2) is 0 Å². The highest BCUT2D eigenvalue weighted by Crippen LogP contribution is 2.20. The highest BCUT2D eigenvalue weighted by molar-refractivity contribution is 7.91. The zero-order chi connectivity index (χ0) is 12.9. The van der Waals surface area contributed by atoms with E-state index < -0.39 is 9.84 Å². The van der Waals surface area contributed by atoms with E-state index in [4.69, 9.17) is 0 Å². The lowest BCUT2D eigenvalue weighted by atomic mass is 9.94. The van der Waals surface area contributed by atoms with Crippen molar-refractivity contribution in [3.63, 3.8) is 0 Å². The Balaban J connectivity index is 2.20. The highest BCUT2D eigenvalue weighted by atomic mass is 32.2. The molecule has 0 saturated carbocycles. The summed E-state index contributed by atoms with van der Waals surface area (Å²) in [7, 11) is -2.83. The van der Waals surface area contributed by atoms with Crippen molar-refractivity contribution >= 4 is 9.84 Å². The van der Waals surface area contributed by atoms with Crippen LogP contribution in [-0.4, -0.2) is 32.5 Å². The molecule has 1 saturated heterocycles. The standard InChI is InChI=1S/C13H27NO2S/c1-13(2,3)8-11-17(15,16)10-5-7-12-6-4-9-14-12/h12,14H,4-11H2,1-3H3/t12-/m0/s1. The lowest BCUT2D eigenvalue weighted by Gasteiger charge is -2.17. The number of sulfone groups is 1. The molecule has 3 nitrogen and oxygen atoms in total.